The Balaban J connectivity index is 1.61. The van der Waals surface area contributed by atoms with Crippen LogP contribution in [0.1, 0.15) is 0 Å². The molecule has 1 amide bonds. The molecule has 1 aliphatic rings. The predicted octanol–water partition coefficient (Wildman–Crippen LogP) is 0.933. The van der Waals surface area contributed by atoms with Crippen molar-refractivity contribution in [1.82, 2.24) is 14.5 Å². The lowest BCUT2D eigenvalue weighted by Crippen LogP contribution is -2.48. The molecule has 3 rings (SSSR count). The van der Waals surface area contributed by atoms with Gasteiger partial charge in [0, 0.05) is 26.2 Å². The number of carbonyl (C=O) groups is 1. The first-order valence-electron chi connectivity index (χ1n) is 8.13. The molecule has 1 aliphatic heterocycles. The van der Waals surface area contributed by atoms with Gasteiger partial charge in [0.15, 0.2) is 4.34 Å². The predicted molar refractivity (Wildman–Crippen MR) is 109 cm³/mol. The number of carbonyl (C=O) groups excluding carboxylic acids is 1. The molecule has 1 aromatic heterocycles. The molecule has 146 valence electrons. The standard InChI is InChI=1S/C15H20N6O3S3/c1-27(23,24)21-8-6-20(7-9-21)12-5-3-2-4-11(12)17-13(22)10-25-15-19-18-14(16)26-15/h2-5H,6-10H2,1H3,(H2,16,18)(H,17,22). The van der Waals surface area contributed by atoms with Gasteiger partial charge in [-0.05, 0) is 12.1 Å². The molecule has 3 N–H and O–H groups in total. The normalized spacial score (nSPS) is 15.7. The molecule has 0 aliphatic carbocycles. The molecular weight excluding hydrogens is 408 g/mol. The van der Waals surface area contributed by atoms with Gasteiger partial charge in [0.1, 0.15) is 0 Å². The fourth-order valence-electron chi connectivity index (χ4n) is 2.71. The van der Waals surface area contributed by atoms with E-state index in [4.69, 9.17) is 5.73 Å². The fourth-order valence-corrected chi connectivity index (χ4v) is 4.97. The SMILES string of the molecule is CS(=O)(=O)N1CCN(c2ccccc2NC(=O)CSc2nnc(N)s2)CC1. The van der Waals surface area contributed by atoms with Crippen molar-refractivity contribution in [1.29, 1.82) is 0 Å². The number of hydrogen-bond acceptors (Lipinski definition) is 9. The van der Waals surface area contributed by atoms with E-state index in [0.29, 0.717) is 41.3 Å². The lowest BCUT2D eigenvalue weighted by Gasteiger charge is -2.35. The average Bonchev–Trinajstić information content (AvgIpc) is 3.05. The van der Waals surface area contributed by atoms with Crippen LogP contribution in [0, 0.1) is 0 Å². The van der Waals surface area contributed by atoms with Crippen LogP contribution < -0.4 is 16.0 Å². The maximum Gasteiger partial charge on any atom is 0.234 e. The third-order valence-electron chi connectivity index (χ3n) is 3.98. The summed E-state index contributed by atoms with van der Waals surface area (Å²) in [6.45, 7) is 1.99. The second-order valence-electron chi connectivity index (χ2n) is 5.91. The first kappa shape index (κ1) is 19.9. The molecule has 1 saturated heterocycles. The summed E-state index contributed by atoms with van der Waals surface area (Å²) in [5.74, 6) is 0.0427. The van der Waals surface area contributed by atoms with E-state index < -0.39 is 10.0 Å². The summed E-state index contributed by atoms with van der Waals surface area (Å²) in [6.07, 6.45) is 1.22. The Morgan fingerprint density at radius 1 is 1.26 bits per heavy atom. The highest BCUT2D eigenvalue weighted by atomic mass is 32.2. The molecule has 0 unspecified atom stereocenters. The Morgan fingerprint density at radius 2 is 1.96 bits per heavy atom. The Kier molecular flexibility index (Phi) is 6.19. The molecule has 2 aromatic rings. The van der Waals surface area contributed by atoms with Crippen molar-refractivity contribution in [3.63, 3.8) is 0 Å². The molecule has 1 fully saturated rings. The largest absolute Gasteiger partial charge is 0.374 e. The molecule has 1 aromatic carbocycles. The molecule has 0 bridgehead atoms. The zero-order chi connectivity index (χ0) is 19.4. The average molecular weight is 429 g/mol. The van der Waals surface area contributed by atoms with Crippen LogP contribution in [0.15, 0.2) is 28.6 Å². The number of nitrogens with zero attached hydrogens (tertiary/aromatic N) is 4. The van der Waals surface area contributed by atoms with Crippen molar-refractivity contribution in [2.75, 3.05) is 54.1 Å². The fraction of sp³-hybridized carbons (Fsp3) is 0.400. The van der Waals surface area contributed by atoms with E-state index in [-0.39, 0.29) is 11.7 Å². The van der Waals surface area contributed by atoms with Crippen molar-refractivity contribution in [3.8, 4) is 0 Å². The summed E-state index contributed by atoms with van der Waals surface area (Å²) >= 11 is 2.52. The van der Waals surface area contributed by atoms with Gasteiger partial charge in [-0.3, -0.25) is 4.79 Å². The monoisotopic (exact) mass is 428 g/mol. The van der Waals surface area contributed by atoms with E-state index in [1.54, 1.807) is 0 Å². The summed E-state index contributed by atoms with van der Waals surface area (Å²) in [5.41, 5.74) is 7.11. The molecule has 2 heterocycles. The van der Waals surface area contributed by atoms with Gasteiger partial charge in [-0.25, -0.2) is 8.42 Å². The van der Waals surface area contributed by atoms with Crippen molar-refractivity contribution in [3.05, 3.63) is 24.3 Å². The van der Waals surface area contributed by atoms with Crippen LogP contribution in [0.2, 0.25) is 0 Å². The van der Waals surface area contributed by atoms with Gasteiger partial charge in [-0.15, -0.1) is 10.2 Å². The minimum absolute atomic E-state index is 0.156. The number of piperazine rings is 1. The number of nitrogens with two attached hydrogens (primary N) is 1. The Hall–Kier alpha value is -1.89. The van der Waals surface area contributed by atoms with Crippen LogP contribution in [-0.2, 0) is 14.8 Å². The number of thioether (sulfide) groups is 1. The Labute approximate surface area is 166 Å². The first-order chi connectivity index (χ1) is 12.8. The molecule has 0 spiro atoms. The van der Waals surface area contributed by atoms with Gasteiger partial charge in [0.25, 0.3) is 0 Å². The van der Waals surface area contributed by atoms with Crippen LogP contribution in [-0.4, -0.2) is 67.0 Å². The zero-order valence-electron chi connectivity index (χ0n) is 14.7. The van der Waals surface area contributed by atoms with Crippen molar-refractivity contribution < 1.29 is 13.2 Å². The lowest BCUT2D eigenvalue weighted by molar-refractivity contribution is -0.113. The van der Waals surface area contributed by atoms with Gasteiger partial charge in [0.2, 0.25) is 21.1 Å². The lowest BCUT2D eigenvalue weighted by atomic mass is 10.2. The smallest absolute Gasteiger partial charge is 0.234 e. The van der Waals surface area contributed by atoms with Crippen LogP contribution >= 0.6 is 23.1 Å². The summed E-state index contributed by atoms with van der Waals surface area (Å²) in [6, 6.07) is 7.51. The number of nitrogen functional groups attached to an aromatic ring is 1. The van der Waals surface area contributed by atoms with Crippen molar-refractivity contribution in [2.45, 2.75) is 4.34 Å². The zero-order valence-corrected chi connectivity index (χ0v) is 17.1. The highest BCUT2D eigenvalue weighted by Crippen LogP contribution is 2.28. The third-order valence-corrected chi connectivity index (χ3v) is 7.16. The van der Waals surface area contributed by atoms with Crippen LogP contribution in [0.4, 0.5) is 16.5 Å². The van der Waals surface area contributed by atoms with Gasteiger partial charge in [0.05, 0.1) is 23.4 Å². The number of hydrogen-bond donors (Lipinski definition) is 2. The minimum Gasteiger partial charge on any atom is -0.374 e. The number of amides is 1. The Bertz CT molecular complexity index is 909. The molecule has 9 nitrogen and oxygen atoms in total. The second kappa shape index (κ2) is 8.42. The molecule has 12 heteroatoms. The van der Waals surface area contributed by atoms with E-state index in [1.807, 2.05) is 24.3 Å². The number of aromatic nitrogens is 2. The van der Waals surface area contributed by atoms with E-state index in [0.717, 1.165) is 5.69 Å². The van der Waals surface area contributed by atoms with Crippen LogP contribution in [0.3, 0.4) is 0 Å². The first-order valence-corrected chi connectivity index (χ1v) is 11.8. The topological polar surface area (TPSA) is 122 Å². The highest BCUT2D eigenvalue weighted by Gasteiger charge is 2.24. The number of benzene rings is 1. The molecule has 0 saturated carbocycles. The number of para-hydroxylation sites is 2. The van der Waals surface area contributed by atoms with Crippen molar-refractivity contribution in [2.24, 2.45) is 0 Å². The molecule has 0 atom stereocenters. The minimum atomic E-state index is -3.18. The number of sulfonamides is 1. The van der Waals surface area contributed by atoms with Gasteiger partial charge >= 0.3 is 0 Å². The van der Waals surface area contributed by atoms with Gasteiger partial charge in [-0.1, -0.05) is 35.2 Å². The number of nitrogens with one attached hydrogen (secondary N) is 1. The van der Waals surface area contributed by atoms with Gasteiger partial charge in [-0.2, -0.15) is 4.31 Å². The molecule has 27 heavy (non-hydrogen) atoms. The van der Waals surface area contributed by atoms with Crippen LogP contribution in [0.25, 0.3) is 0 Å². The second-order valence-corrected chi connectivity index (χ2v) is 10.1. The van der Waals surface area contributed by atoms with E-state index >= 15 is 0 Å². The van der Waals surface area contributed by atoms with E-state index in [9.17, 15) is 13.2 Å². The Morgan fingerprint density at radius 3 is 2.59 bits per heavy atom. The number of rotatable bonds is 6. The van der Waals surface area contributed by atoms with Crippen molar-refractivity contribution >= 4 is 55.5 Å². The molecular formula is C15H20N6O3S3. The van der Waals surface area contributed by atoms with E-state index in [2.05, 4.69) is 20.4 Å². The summed E-state index contributed by atoms with van der Waals surface area (Å²) in [5, 5.41) is 10.9. The van der Waals surface area contributed by atoms with Crippen LogP contribution in [0.5, 0.6) is 0 Å². The highest BCUT2D eigenvalue weighted by molar-refractivity contribution is 8.01. The quantitative estimate of drug-likeness (QED) is 0.652. The van der Waals surface area contributed by atoms with Gasteiger partial charge < -0.3 is 16.0 Å². The summed E-state index contributed by atoms with van der Waals surface area (Å²) in [4.78, 5) is 14.4. The number of anilines is 3. The maximum absolute atomic E-state index is 12.3. The third kappa shape index (κ3) is 5.31. The summed E-state index contributed by atoms with van der Waals surface area (Å²) in [7, 11) is -3.18. The van der Waals surface area contributed by atoms with E-state index in [1.165, 1.54) is 33.7 Å². The molecule has 0 radical (unpaired) electrons. The maximum atomic E-state index is 12.3. The summed E-state index contributed by atoms with van der Waals surface area (Å²) < 4.78 is 25.4.